The second-order valence-corrected chi connectivity index (χ2v) is 10.4. The Hall–Kier alpha value is -0.254. The number of rotatable bonds is 18. The van der Waals surface area contributed by atoms with E-state index in [9.17, 15) is 0 Å². The zero-order valence-electron chi connectivity index (χ0n) is 22.5. The van der Waals surface area contributed by atoms with E-state index in [0.717, 1.165) is 24.3 Å². The quantitative estimate of drug-likeness (QED) is 0.108. The van der Waals surface area contributed by atoms with Crippen LogP contribution in [0.5, 0.6) is 11.5 Å². The van der Waals surface area contributed by atoms with Crippen molar-refractivity contribution in [3.8, 4) is 11.5 Å². The van der Waals surface area contributed by atoms with Gasteiger partial charge in [0, 0.05) is 0 Å². The van der Waals surface area contributed by atoms with E-state index in [4.69, 9.17) is 22.3 Å². The molecule has 0 atom stereocenters. The Kier molecular flexibility index (Phi) is 23.5. The number of benzene rings is 2. The molecule has 2 aromatic carbocycles. The van der Waals surface area contributed by atoms with Crippen LogP contribution in [0, 0.1) is 0 Å². The van der Waals surface area contributed by atoms with Crippen molar-refractivity contribution in [2.75, 3.05) is 0 Å². The maximum absolute atomic E-state index is 8.74. The normalized spacial score (nSPS) is 10.8. The number of hydrogen-bond donors (Lipinski definition) is 2. The fourth-order valence-corrected chi connectivity index (χ4v) is 4.28. The molecular weight excluding hydrogens is 511 g/mol. The van der Waals surface area contributed by atoms with Crippen molar-refractivity contribution in [3.05, 3.63) is 59.7 Å². The summed E-state index contributed by atoms with van der Waals surface area (Å²) >= 11 is 0. The topological polar surface area (TPSA) is 83.8 Å². The molecule has 0 saturated heterocycles. The first-order valence-corrected chi connectivity index (χ1v) is 15.3. The van der Waals surface area contributed by atoms with Gasteiger partial charge in [0.05, 0.1) is 0 Å². The number of unbranched alkanes of at least 4 members (excludes halogenated alkanes) is 12. The third kappa shape index (κ3) is 21.3. The molecule has 0 aliphatic rings. The van der Waals surface area contributed by atoms with Crippen LogP contribution in [0.15, 0.2) is 48.5 Å². The fourth-order valence-electron chi connectivity index (χ4n) is 4.28. The van der Waals surface area contributed by atoms with E-state index < -0.39 is 10.4 Å². The molecule has 0 radical (unpaired) electrons. The van der Waals surface area contributed by atoms with Gasteiger partial charge in [-0.2, -0.15) is 8.42 Å². The van der Waals surface area contributed by atoms with Crippen molar-refractivity contribution in [1.29, 1.82) is 0 Å². The summed E-state index contributed by atoms with van der Waals surface area (Å²) in [4.78, 5) is 0. The van der Waals surface area contributed by atoms with Gasteiger partial charge in [-0.15, -0.1) is 0 Å². The van der Waals surface area contributed by atoms with E-state index in [1.54, 1.807) is 0 Å². The summed E-state index contributed by atoms with van der Waals surface area (Å²) in [6.07, 6.45) is 21.1. The average molecular weight is 561 g/mol. The minimum atomic E-state index is -4.67. The summed E-state index contributed by atoms with van der Waals surface area (Å²) in [5.41, 5.74) is 2.70. The minimum absolute atomic E-state index is 0. The number of hydrogen-bond acceptors (Lipinski definition) is 3. The Morgan fingerprint density at radius 3 is 1.22 bits per heavy atom. The third-order valence-electron chi connectivity index (χ3n) is 6.26. The van der Waals surface area contributed by atoms with Crippen LogP contribution in [0.3, 0.4) is 0 Å². The zero-order chi connectivity index (χ0) is 26.5. The molecule has 0 spiro atoms. The predicted molar refractivity (Wildman–Crippen MR) is 158 cm³/mol. The van der Waals surface area contributed by atoms with E-state index in [0.29, 0.717) is 0 Å². The van der Waals surface area contributed by atoms with Gasteiger partial charge in [0.15, 0.2) is 0 Å². The molecule has 2 N–H and O–H groups in total. The number of ether oxygens (including phenoxy) is 1. The van der Waals surface area contributed by atoms with Crippen LogP contribution in [-0.2, 0) is 23.2 Å². The van der Waals surface area contributed by atoms with E-state index in [2.05, 4.69) is 62.4 Å². The van der Waals surface area contributed by atoms with Crippen molar-refractivity contribution in [3.63, 3.8) is 0 Å². The van der Waals surface area contributed by atoms with Crippen molar-refractivity contribution in [2.45, 2.75) is 117 Å². The maximum atomic E-state index is 8.74. The molecule has 0 amide bonds. The first-order valence-electron chi connectivity index (χ1n) is 13.9. The van der Waals surface area contributed by atoms with Crippen molar-refractivity contribution in [2.24, 2.45) is 0 Å². The molecule has 2 rings (SSSR count). The Morgan fingerprint density at radius 2 is 0.865 bits per heavy atom. The van der Waals surface area contributed by atoms with Crippen LogP contribution in [0.1, 0.15) is 115 Å². The van der Waals surface area contributed by atoms with Gasteiger partial charge in [-0.1, -0.05) is 127 Å². The van der Waals surface area contributed by atoms with Gasteiger partial charge in [0.25, 0.3) is 0 Å². The number of para-hydroxylation sites is 2. The van der Waals surface area contributed by atoms with Crippen molar-refractivity contribution in [1.82, 2.24) is 0 Å². The van der Waals surface area contributed by atoms with Crippen LogP contribution in [0.25, 0.3) is 0 Å². The number of aryl methyl sites for hydroxylation is 2. The summed E-state index contributed by atoms with van der Waals surface area (Å²) in [7, 11) is -4.67. The molecule has 0 heterocycles. The van der Waals surface area contributed by atoms with Crippen LogP contribution in [-0.4, -0.2) is 68.9 Å². The molecule has 206 valence electrons. The van der Waals surface area contributed by atoms with Crippen molar-refractivity contribution >= 4 is 61.8 Å². The molecule has 37 heavy (non-hydrogen) atoms. The Labute approximate surface area is 269 Å². The average Bonchev–Trinajstić information content (AvgIpc) is 2.84. The van der Waals surface area contributed by atoms with Crippen molar-refractivity contribution < 1.29 is 22.3 Å². The standard InChI is InChI=1S/C30H46O.K.H2O4S.H/c1-3-5-7-9-11-13-15-21-27-23-17-19-25-29(27)31-30-26-20-18-24-28(30)22-16-14-12-10-8-6-4-2;;1-5(2,3)4;/h17-20,23-26H,3-16,21-22H2,1-2H3;;(H2,1,2,3,4);. The summed E-state index contributed by atoms with van der Waals surface area (Å²) < 4.78 is 38.0. The summed E-state index contributed by atoms with van der Waals surface area (Å²) in [6.45, 7) is 4.56. The van der Waals surface area contributed by atoms with E-state index in [-0.39, 0.29) is 51.4 Å². The molecular formula is C30H49KO5S. The Bertz CT molecular complexity index is 850. The second kappa shape index (κ2) is 23.6. The molecule has 2 aromatic rings. The molecule has 7 heteroatoms. The van der Waals surface area contributed by atoms with E-state index in [1.807, 2.05) is 0 Å². The van der Waals surface area contributed by atoms with E-state index in [1.165, 1.54) is 101 Å². The van der Waals surface area contributed by atoms with Gasteiger partial charge in [-0.3, -0.25) is 9.11 Å². The van der Waals surface area contributed by atoms with Gasteiger partial charge in [-0.05, 0) is 48.9 Å². The molecule has 0 bridgehead atoms. The predicted octanol–water partition coefficient (Wildman–Crippen LogP) is 8.76. The van der Waals surface area contributed by atoms with Crippen LogP contribution >= 0.6 is 0 Å². The van der Waals surface area contributed by atoms with Crippen LogP contribution in [0.4, 0.5) is 0 Å². The van der Waals surface area contributed by atoms with Gasteiger partial charge in [0.1, 0.15) is 11.5 Å². The summed E-state index contributed by atoms with van der Waals surface area (Å²) in [6, 6.07) is 17.3. The summed E-state index contributed by atoms with van der Waals surface area (Å²) in [5, 5.41) is 0. The molecule has 0 fully saturated rings. The van der Waals surface area contributed by atoms with Gasteiger partial charge in [0.2, 0.25) is 0 Å². The first kappa shape index (κ1) is 36.7. The van der Waals surface area contributed by atoms with Crippen LogP contribution < -0.4 is 4.74 Å². The molecule has 0 aliphatic heterocycles. The fraction of sp³-hybridized carbons (Fsp3) is 0.600. The molecule has 5 nitrogen and oxygen atoms in total. The first-order chi connectivity index (χ1) is 17.3. The second-order valence-electron chi connectivity index (χ2n) is 9.51. The molecule has 0 aromatic heterocycles. The van der Waals surface area contributed by atoms with Gasteiger partial charge in [-0.25, -0.2) is 0 Å². The summed E-state index contributed by atoms with van der Waals surface area (Å²) in [5.74, 6) is 2.08. The van der Waals surface area contributed by atoms with E-state index >= 15 is 0 Å². The monoisotopic (exact) mass is 560 g/mol. The Morgan fingerprint density at radius 1 is 0.568 bits per heavy atom. The zero-order valence-corrected chi connectivity index (χ0v) is 23.3. The Balaban J connectivity index is 0.00000196. The van der Waals surface area contributed by atoms with Crippen LogP contribution in [0.2, 0.25) is 0 Å². The molecule has 0 unspecified atom stereocenters. The molecule has 0 aliphatic carbocycles. The SMILES string of the molecule is CCCCCCCCCc1ccccc1Oc1ccccc1CCCCCCCCC.O=S(=O)(O)O.[KH]. The van der Waals surface area contributed by atoms with Gasteiger partial charge < -0.3 is 4.74 Å². The van der Waals surface area contributed by atoms with Gasteiger partial charge >= 0.3 is 61.8 Å². The third-order valence-corrected chi connectivity index (χ3v) is 6.26. The molecule has 0 saturated carbocycles.